The summed E-state index contributed by atoms with van der Waals surface area (Å²) in [6.07, 6.45) is 15.3. The van der Waals surface area contributed by atoms with Gasteiger partial charge in [-0.25, -0.2) is 0 Å². The summed E-state index contributed by atoms with van der Waals surface area (Å²) in [4.78, 5) is 4.80. The second-order valence-corrected chi connectivity index (χ2v) is 20.2. The SMILES string of the molecule is C1=CCC2C(=C1)C1(C3=CCCC=C3c3ccccc31)c1ccc(N(c3ccc(-c4ccccc4)cc3)c3ccc(-c4ccc(N(c5ccc(-c6ccccc6)cc5)c5ccc(-c6ccccc6)cc5)cc4)cc3)cc12. The Balaban J connectivity index is 0.826. The van der Waals surface area contributed by atoms with Crippen LogP contribution in [-0.4, -0.2) is 0 Å². The molecule has 2 unspecified atom stereocenters. The molecule has 2 atom stereocenters. The van der Waals surface area contributed by atoms with Gasteiger partial charge >= 0.3 is 0 Å². The van der Waals surface area contributed by atoms with E-state index in [0.29, 0.717) is 5.92 Å². The summed E-state index contributed by atoms with van der Waals surface area (Å²) in [7, 11) is 0. The number of hydrogen-bond donors (Lipinski definition) is 0. The van der Waals surface area contributed by atoms with Crippen molar-refractivity contribution in [2.45, 2.75) is 30.6 Å². The maximum Gasteiger partial charge on any atom is 0.0682 e. The van der Waals surface area contributed by atoms with Crippen LogP contribution in [0.2, 0.25) is 0 Å². The Bertz CT molecular complexity index is 3760. The molecule has 0 heterocycles. The maximum atomic E-state index is 2.55. The number of nitrogens with zero attached hydrogens (tertiary/aromatic N) is 2. The van der Waals surface area contributed by atoms with Crippen molar-refractivity contribution >= 4 is 39.7 Å². The number of allylic oxidation sites excluding steroid dienone is 8. The smallest absolute Gasteiger partial charge is 0.0682 e. The maximum absolute atomic E-state index is 2.55. The van der Waals surface area contributed by atoms with Crippen LogP contribution in [0.25, 0.3) is 50.1 Å². The van der Waals surface area contributed by atoms with Gasteiger partial charge in [-0.05, 0) is 176 Å². The van der Waals surface area contributed by atoms with E-state index in [9.17, 15) is 0 Å². The third-order valence-electron chi connectivity index (χ3n) is 16.1. The highest BCUT2D eigenvalue weighted by atomic mass is 15.1. The third kappa shape index (κ3) is 7.64. The average Bonchev–Trinajstić information content (AvgIpc) is 4.09. The molecule has 0 N–H and O–H groups in total. The molecule has 4 aliphatic rings. The van der Waals surface area contributed by atoms with Gasteiger partial charge in [0, 0.05) is 40.0 Å². The Hall–Kier alpha value is -9.24. The summed E-state index contributed by atoms with van der Waals surface area (Å²) < 4.78 is 0. The summed E-state index contributed by atoms with van der Waals surface area (Å²) in [5.74, 6) is 0.297. The summed E-state index contributed by atoms with van der Waals surface area (Å²) >= 11 is 0. The molecule has 1 spiro atoms. The first-order chi connectivity index (χ1) is 37.2. The van der Waals surface area contributed by atoms with Crippen LogP contribution >= 0.6 is 0 Å². The molecule has 10 aromatic rings. The highest BCUT2D eigenvalue weighted by Crippen LogP contribution is 2.67. The Morgan fingerprint density at radius 3 is 1.20 bits per heavy atom. The lowest BCUT2D eigenvalue weighted by atomic mass is 9.68. The van der Waals surface area contributed by atoms with E-state index in [4.69, 9.17) is 0 Å². The Labute approximate surface area is 440 Å². The molecule has 0 radical (unpaired) electrons. The van der Waals surface area contributed by atoms with Crippen molar-refractivity contribution in [2.24, 2.45) is 0 Å². The van der Waals surface area contributed by atoms with Gasteiger partial charge < -0.3 is 9.80 Å². The second-order valence-electron chi connectivity index (χ2n) is 20.2. The van der Waals surface area contributed by atoms with Crippen LogP contribution in [0.3, 0.4) is 0 Å². The van der Waals surface area contributed by atoms with Crippen LogP contribution in [0.4, 0.5) is 34.1 Å². The van der Waals surface area contributed by atoms with Crippen molar-refractivity contribution in [3.63, 3.8) is 0 Å². The molecule has 10 aromatic carbocycles. The highest BCUT2D eigenvalue weighted by Gasteiger charge is 2.56. The van der Waals surface area contributed by atoms with E-state index >= 15 is 0 Å². The predicted octanol–water partition coefficient (Wildman–Crippen LogP) is 19.7. The number of anilines is 6. The molecule has 75 heavy (non-hydrogen) atoms. The van der Waals surface area contributed by atoms with Gasteiger partial charge in [-0.1, -0.05) is 212 Å². The van der Waals surface area contributed by atoms with Gasteiger partial charge in [-0.3, -0.25) is 0 Å². The lowest BCUT2D eigenvalue weighted by Crippen LogP contribution is -2.27. The van der Waals surface area contributed by atoms with E-state index in [1.54, 1.807) is 0 Å². The fourth-order valence-corrected chi connectivity index (χ4v) is 12.7. The van der Waals surface area contributed by atoms with Gasteiger partial charge in [-0.15, -0.1) is 0 Å². The predicted molar refractivity (Wildman–Crippen MR) is 315 cm³/mol. The molecule has 0 aliphatic heterocycles. The number of benzene rings is 10. The molecule has 2 nitrogen and oxygen atoms in total. The molecule has 0 bridgehead atoms. The van der Waals surface area contributed by atoms with E-state index in [1.165, 1.54) is 77.9 Å². The Morgan fingerprint density at radius 2 is 0.733 bits per heavy atom. The summed E-state index contributed by atoms with van der Waals surface area (Å²) in [5.41, 5.74) is 26.1. The van der Waals surface area contributed by atoms with E-state index in [1.807, 2.05) is 0 Å². The van der Waals surface area contributed by atoms with E-state index in [-0.39, 0.29) is 5.41 Å². The quantitative estimate of drug-likeness (QED) is 0.135. The minimum Gasteiger partial charge on any atom is -0.311 e. The minimum atomic E-state index is -0.275. The molecule has 356 valence electrons. The van der Waals surface area contributed by atoms with Crippen molar-refractivity contribution in [1.82, 2.24) is 0 Å². The first kappa shape index (κ1) is 44.5. The topological polar surface area (TPSA) is 6.48 Å². The largest absolute Gasteiger partial charge is 0.311 e. The fraction of sp³-hybridized carbons (Fsp3) is 0.0685. The van der Waals surface area contributed by atoms with Crippen LogP contribution in [0.5, 0.6) is 0 Å². The van der Waals surface area contributed by atoms with Gasteiger partial charge in [0.05, 0.1) is 5.41 Å². The molecule has 0 saturated carbocycles. The minimum absolute atomic E-state index is 0.275. The van der Waals surface area contributed by atoms with Crippen molar-refractivity contribution in [3.8, 4) is 44.5 Å². The zero-order valence-corrected chi connectivity index (χ0v) is 41.7. The molecule has 4 aliphatic carbocycles. The van der Waals surface area contributed by atoms with Crippen molar-refractivity contribution in [2.75, 3.05) is 9.80 Å². The molecule has 0 fully saturated rings. The summed E-state index contributed by atoms with van der Waals surface area (Å²) in [6, 6.07) is 93.6. The molecular formula is C73H54N2. The van der Waals surface area contributed by atoms with Crippen molar-refractivity contribution in [3.05, 3.63) is 319 Å². The van der Waals surface area contributed by atoms with E-state index in [0.717, 1.165) is 59.0 Å². The molecule has 0 aromatic heterocycles. The van der Waals surface area contributed by atoms with Crippen LogP contribution in [0.1, 0.15) is 47.4 Å². The first-order valence-corrected chi connectivity index (χ1v) is 26.5. The molecule has 2 heteroatoms. The standard InChI is InChI=1S/C73H54N2/c1-4-16-51(17-5-1)54-28-38-59(39-29-54)74(60-40-30-55(31-41-60)52-18-6-2-7-19-52)61-42-34-57(35-43-61)58-36-46-63(47-37-58)75(62-44-32-56(33-45-62)53-20-8-3-9-21-53)64-48-49-72-68(50-64)67-24-12-15-27-71(67)73(72)69-25-13-10-22-65(69)66-23-11-14-26-70(66)73/h1-10,12-13,15-23,25-50,67H,11,14,24H2. The van der Waals surface area contributed by atoms with Gasteiger partial charge in [-0.2, -0.15) is 0 Å². The van der Waals surface area contributed by atoms with Gasteiger partial charge in [0.25, 0.3) is 0 Å². The number of fused-ring (bicyclic) bond motifs is 10. The van der Waals surface area contributed by atoms with Gasteiger partial charge in [0.2, 0.25) is 0 Å². The lowest BCUT2D eigenvalue weighted by Gasteiger charge is -2.34. The second kappa shape index (κ2) is 18.7. The zero-order chi connectivity index (χ0) is 49.7. The normalized spacial score (nSPS) is 16.7. The summed E-state index contributed by atoms with van der Waals surface area (Å²) in [6.45, 7) is 0. The molecule has 14 rings (SSSR count). The van der Waals surface area contributed by atoms with Crippen LogP contribution in [0, 0.1) is 0 Å². The van der Waals surface area contributed by atoms with Crippen molar-refractivity contribution < 1.29 is 0 Å². The third-order valence-corrected chi connectivity index (χ3v) is 16.1. The monoisotopic (exact) mass is 958 g/mol. The molecule has 0 saturated heterocycles. The zero-order valence-electron chi connectivity index (χ0n) is 41.7. The van der Waals surface area contributed by atoms with E-state index < -0.39 is 0 Å². The fourth-order valence-electron chi connectivity index (χ4n) is 12.7. The number of hydrogen-bond acceptors (Lipinski definition) is 2. The number of rotatable bonds is 10. The summed E-state index contributed by atoms with van der Waals surface area (Å²) in [5, 5.41) is 0. The van der Waals surface area contributed by atoms with Crippen LogP contribution in [0.15, 0.2) is 296 Å². The lowest BCUT2D eigenvalue weighted by molar-refractivity contribution is 0.703. The molecular weight excluding hydrogens is 905 g/mol. The Morgan fingerprint density at radius 1 is 0.347 bits per heavy atom. The van der Waals surface area contributed by atoms with E-state index in [2.05, 4.69) is 295 Å². The highest BCUT2D eigenvalue weighted by molar-refractivity contribution is 5.97. The van der Waals surface area contributed by atoms with Gasteiger partial charge in [0.15, 0.2) is 0 Å². The van der Waals surface area contributed by atoms with Crippen LogP contribution in [-0.2, 0) is 5.41 Å². The van der Waals surface area contributed by atoms with Crippen LogP contribution < -0.4 is 9.80 Å². The first-order valence-electron chi connectivity index (χ1n) is 26.5. The average molecular weight is 959 g/mol. The van der Waals surface area contributed by atoms with Crippen molar-refractivity contribution in [1.29, 1.82) is 0 Å². The Kier molecular flexibility index (Phi) is 11.1. The molecule has 0 amide bonds. The van der Waals surface area contributed by atoms with Gasteiger partial charge in [0.1, 0.15) is 0 Å².